The second kappa shape index (κ2) is 6.53. The molecule has 0 aromatic heterocycles. The van der Waals surface area contributed by atoms with Gasteiger partial charge >= 0.3 is 0 Å². The molecule has 1 heterocycles. The minimum atomic E-state index is 0.207. The summed E-state index contributed by atoms with van der Waals surface area (Å²) in [5.74, 6) is 0.855. The van der Waals surface area contributed by atoms with Crippen molar-refractivity contribution >= 4 is 0 Å². The van der Waals surface area contributed by atoms with E-state index in [1.165, 1.54) is 37.1 Å². The summed E-state index contributed by atoms with van der Waals surface area (Å²) in [7, 11) is 0. The van der Waals surface area contributed by atoms with Crippen LogP contribution >= 0.6 is 0 Å². The highest BCUT2D eigenvalue weighted by Gasteiger charge is 2.22. The van der Waals surface area contributed by atoms with E-state index in [0.29, 0.717) is 0 Å². The molecule has 0 radical (unpaired) electrons. The zero-order valence-corrected chi connectivity index (χ0v) is 12.6. The Balaban J connectivity index is 1.85. The predicted molar refractivity (Wildman–Crippen MR) is 82.7 cm³/mol. The summed E-state index contributed by atoms with van der Waals surface area (Å²) in [5, 5.41) is 7.12. The zero-order chi connectivity index (χ0) is 13.7. The Morgan fingerprint density at radius 1 is 1.21 bits per heavy atom. The van der Waals surface area contributed by atoms with Crippen molar-refractivity contribution in [3.05, 3.63) is 35.4 Å². The summed E-state index contributed by atoms with van der Waals surface area (Å²) in [4.78, 5) is 0. The maximum atomic E-state index is 3.69. The molecule has 2 heteroatoms. The molecule has 1 aliphatic rings. The normalized spacial score (nSPS) is 17.6. The van der Waals surface area contributed by atoms with E-state index in [-0.39, 0.29) is 5.41 Å². The van der Waals surface area contributed by atoms with Crippen molar-refractivity contribution < 1.29 is 0 Å². The Labute approximate surface area is 118 Å². The van der Waals surface area contributed by atoms with E-state index < -0.39 is 0 Å². The molecule has 0 saturated carbocycles. The van der Waals surface area contributed by atoms with Crippen LogP contribution in [0.5, 0.6) is 0 Å². The maximum absolute atomic E-state index is 3.69. The van der Waals surface area contributed by atoms with Crippen LogP contribution < -0.4 is 10.6 Å². The van der Waals surface area contributed by atoms with Gasteiger partial charge in [-0.15, -0.1) is 0 Å². The fraction of sp³-hybridized carbons (Fsp3) is 0.647. The summed E-state index contributed by atoms with van der Waals surface area (Å²) >= 11 is 0. The molecule has 0 spiro atoms. The molecule has 0 aliphatic carbocycles. The molecule has 2 rings (SSSR count). The van der Waals surface area contributed by atoms with Gasteiger partial charge in [0.2, 0.25) is 0 Å². The number of piperidine rings is 1. The molecule has 1 fully saturated rings. The summed E-state index contributed by atoms with van der Waals surface area (Å²) in [6.07, 6.45) is 2.63. The van der Waals surface area contributed by atoms with E-state index in [1.54, 1.807) is 0 Å². The zero-order valence-electron chi connectivity index (χ0n) is 12.6. The molecule has 0 amide bonds. The second-order valence-corrected chi connectivity index (χ2v) is 6.52. The average molecular weight is 260 g/mol. The molecule has 1 saturated heterocycles. The third-order valence-electron chi connectivity index (χ3n) is 4.33. The van der Waals surface area contributed by atoms with E-state index in [1.807, 2.05) is 0 Å². The Kier molecular flexibility index (Phi) is 5.00. The Morgan fingerprint density at radius 2 is 1.89 bits per heavy atom. The topological polar surface area (TPSA) is 24.1 Å². The van der Waals surface area contributed by atoms with Crippen molar-refractivity contribution in [2.75, 3.05) is 26.2 Å². The Hall–Kier alpha value is -0.860. The number of hydrogen-bond donors (Lipinski definition) is 2. The number of nitrogens with one attached hydrogen (secondary N) is 2. The SMILES string of the molecule is Cc1ccccc1C(C)(C)CNCC1CCNCC1. The number of rotatable bonds is 5. The van der Waals surface area contributed by atoms with Crippen molar-refractivity contribution in [2.24, 2.45) is 5.92 Å². The fourth-order valence-corrected chi connectivity index (χ4v) is 3.10. The molecule has 1 aromatic rings. The van der Waals surface area contributed by atoms with Crippen molar-refractivity contribution in [3.8, 4) is 0 Å². The summed E-state index contributed by atoms with van der Waals surface area (Å²) < 4.78 is 0. The van der Waals surface area contributed by atoms with Gasteiger partial charge in [0, 0.05) is 12.0 Å². The minimum Gasteiger partial charge on any atom is -0.317 e. The lowest BCUT2D eigenvalue weighted by Crippen LogP contribution is -2.39. The van der Waals surface area contributed by atoms with Crippen molar-refractivity contribution in [3.63, 3.8) is 0 Å². The van der Waals surface area contributed by atoms with Crippen LogP contribution in [0.3, 0.4) is 0 Å². The minimum absolute atomic E-state index is 0.207. The molecule has 2 nitrogen and oxygen atoms in total. The van der Waals surface area contributed by atoms with E-state index in [9.17, 15) is 0 Å². The average Bonchev–Trinajstić information content (AvgIpc) is 2.40. The van der Waals surface area contributed by atoms with Crippen LogP contribution in [0, 0.1) is 12.8 Å². The summed E-state index contributed by atoms with van der Waals surface area (Å²) in [6, 6.07) is 8.75. The van der Waals surface area contributed by atoms with Gasteiger partial charge < -0.3 is 10.6 Å². The van der Waals surface area contributed by atoms with Gasteiger partial charge in [-0.25, -0.2) is 0 Å². The first-order chi connectivity index (χ1) is 9.09. The highest BCUT2D eigenvalue weighted by atomic mass is 14.9. The Bertz CT molecular complexity index is 392. The smallest absolute Gasteiger partial charge is 0.00434 e. The van der Waals surface area contributed by atoms with E-state index in [0.717, 1.165) is 19.0 Å². The third kappa shape index (κ3) is 4.05. The van der Waals surface area contributed by atoms with Crippen LogP contribution in [-0.2, 0) is 5.41 Å². The van der Waals surface area contributed by atoms with Crippen molar-refractivity contribution in [1.29, 1.82) is 0 Å². The molecule has 0 bridgehead atoms. The van der Waals surface area contributed by atoms with Crippen LogP contribution in [0.4, 0.5) is 0 Å². The van der Waals surface area contributed by atoms with Crippen LogP contribution in [0.15, 0.2) is 24.3 Å². The van der Waals surface area contributed by atoms with Gasteiger partial charge in [-0.2, -0.15) is 0 Å². The summed E-state index contributed by atoms with van der Waals surface area (Å²) in [5.41, 5.74) is 3.07. The fourth-order valence-electron chi connectivity index (χ4n) is 3.10. The highest BCUT2D eigenvalue weighted by molar-refractivity contribution is 5.32. The summed E-state index contributed by atoms with van der Waals surface area (Å²) in [6.45, 7) is 11.5. The van der Waals surface area contributed by atoms with Gasteiger partial charge in [-0.1, -0.05) is 38.1 Å². The Morgan fingerprint density at radius 3 is 2.58 bits per heavy atom. The molecule has 19 heavy (non-hydrogen) atoms. The first kappa shape index (κ1) is 14.5. The van der Waals surface area contributed by atoms with Gasteiger partial charge in [0.05, 0.1) is 0 Å². The van der Waals surface area contributed by atoms with Crippen molar-refractivity contribution in [2.45, 2.75) is 39.0 Å². The number of benzene rings is 1. The quantitative estimate of drug-likeness (QED) is 0.850. The molecule has 2 N–H and O–H groups in total. The van der Waals surface area contributed by atoms with Gasteiger partial charge in [0.15, 0.2) is 0 Å². The van der Waals surface area contributed by atoms with Gasteiger partial charge in [-0.3, -0.25) is 0 Å². The van der Waals surface area contributed by atoms with Crippen molar-refractivity contribution in [1.82, 2.24) is 10.6 Å². The molecule has 1 aliphatic heterocycles. The predicted octanol–water partition coefficient (Wildman–Crippen LogP) is 2.86. The third-order valence-corrected chi connectivity index (χ3v) is 4.33. The lowest BCUT2D eigenvalue weighted by atomic mass is 9.82. The van der Waals surface area contributed by atoms with Crippen LogP contribution in [0.2, 0.25) is 0 Å². The molecule has 1 aromatic carbocycles. The molecule has 106 valence electrons. The largest absolute Gasteiger partial charge is 0.317 e. The first-order valence-electron chi connectivity index (χ1n) is 7.57. The lowest BCUT2D eigenvalue weighted by molar-refractivity contribution is 0.342. The second-order valence-electron chi connectivity index (χ2n) is 6.52. The van der Waals surface area contributed by atoms with Gasteiger partial charge in [-0.05, 0) is 56.4 Å². The van der Waals surface area contributed by atoms with E-state index >= 15 is 0 Å². The van der Waals surface area contributed by atoms with Gasteiger partial charge in [0.25, 0.3) is 0 Å². The first-order valence-corrected chi connectivity index (χ1v) is 7.57. The van der Waals surface area contributed by atoms with E-state index in [2.05, 4.69) is 55.7 Å². The van der Waals surface area contributed by atoms with Crippen LogP contribution in [0.1, 0.15) is 37.8 Å². The molecular weight excluding hydrogens is 232 g/mol. The van der Waals surface area contributed by atoms with Crippen LogP contribution in [0.25, 0.3) is 0 Å². The lowest BCUT2D eigenvalue weighted by Gasteiger charge is -2.29. The molecular formula is C17H28N2. The monoisotopic (exact) mass is 260 g/mol. The standard InChI is InChI=1S/C17H28N2/c1-14-6-4-5-7-16(14)17(2,3)13-19-12-15-8-10-18-11-9-15/h4-7,15,18-19H,8-13H2,1-3H3. The molecule has 0 atom stereocenters. The highest BCUT2D eigenvalue weighted by Crippen LogP contribution is 2.25. The number of aryl methyl sites for hydroxylation is 1. The maximum Gasteiger partial charge on any atom is 0.00434 e. The van der Waals surface area contributed by atoms with E-state index in [4.69, 9.17) is 0 Å². The van der Waals surface area contributed by atoms with Crippen LogP contribution in [-0.4, -0.2) is 26.2 Å². The van der Waals surface area contributed by atoms with Gasteiger partial charge in [0.1, 0.15) is 0 Å². The molecule has 0 unspecified atom stereocenters. The number of hydrogen-bond acceptors (Lipinski definition) is 2.